The highest BCUT2D eigenvalue weighted by Crippen LogP contribution is 2.27. The molecule has 4 nitrogen and oxygen atoms in total. The van der Waals surface area contributed by atoms with Crippen LogP contribution in [0.1, 0.15) is 18.9 Å². The predicted molar refractivity (Wildman–Crippen MR) is 96.1 cm³/mol. The molecule has 0 aromatic heterocycles. The molecule has 2 aromatic rings. The number of hydrogen-bond donors (Lipinski definition) is 1. The first-order valence-corrected chi connectivity index (χ1v) is 8.45. The fourth-order valence-corrected chi connectivity index (χ4v) is 3.68. The number of rotatable bonds is 5. The largest absolute Gasteiger partial charge is 0.481 e. The summed E-state index contributed by atoms with van der Waals surface area (Å²) in [5.41, 5.74) is 2.38. The van der Waals surface area contributed by atoms with Crippen LogP contribution in [-0.2, 0) is 11.3 Å². The smallest absolute Gasteiger partial charge is 0.305 e. The molecule has 1 aliphatic rings. The molecule has 4 heteroatoms. The second-order valence-electron chi connectivity index (χ2n) is 6.52. The summed E-state index contributed by atoms with van der Waals surface area (Å²) in [5.74, 6) is -0.741. The van der Waals surface area contributed by atoms with Gasteiger partial charge in [0.1, 0.15) is 0 Å². The summed E-state index contributed by atoms with van der Waals surface area (Å²) in [5, 5.41) is 9.35. The Kier molecular flexibility index (Phi) is 5.16. The van der Waals surface area contributed by atoms with E-state index < -0.39 is 5.97 Å². The van der Waals surface area contributed by atoms with E-state index in [-0.39, 0.29) is 18.5 Å². The molecule has 0 radical (unpaired) electrons. The minimum absolute atomic E-state index is 0.0163. The fourth-order valence-electron chi connectivity index (χ4n) is 3.68. The maximum atomic E-state index is 11.4. The highest BCUT2D eigenvalue weighted by Gasteiger charge is 2.33. The Morgan fingerprint density at radius 1 is 1.04 bits per heavy atom. The lowest BCUT2D eigenvalue weighted by Crippen LogP contribution is -2.58. The maximum absolute atomic E-state index is 11.4. The summed E-state index contributed by atoms with van der Waals surface area (Å²) < 4.78 is 0. The number of aliphatic carboxylic acids is 1. The van der Waals surface area contributed by atoms with Gasteiger partial charge >= 0.3 is 5.97 Å². The third-order valence-electron chi connectivity index (χ3n) is 4.57. The average Bonchev–Trinajstić information content (AvgIpc) is 2.56. The lowest BCUT2D eigenvalue weighted by atomic mass is 10.0. The van der Waals surface area contributed by atoms with E-state index in [1.54, 1.807) is 0 Å². The monoisotopic (exact) mass is 324 g/mol. The Labute approximate surface area is 143 Å². The molecule has 0 aliphatic carbocycles. The Bertz CT molecular complexity index is 660. The Morgan fingerprint density at radius 3 is 2.29 bits per heavy atom. The Balaban J connectivity index is 1.79. The molecule has 2 aromatic carbocycles. The van der Waals surface area contributed by atoms with Crippen LogP contribution in [0.2, 0.25) is 0 Å². The van der Waals surface area contributed by atoms with Crippen molar-refractivity contribution in [2.75, 3.05) is 18.0 Å². The van der Waals surface area contributed by atoms with Gasteiger partial charge in [0.05, 0.1) is 12.5 Å². The van der Waals surface area contributed by atoms with E-state index in [4.69, 9.17) is 0 Å². The average molecular weight is 324 g/mol. The van der Waals surface area contributed by atoms with Crippen LogP contribution in [0.4, 0.5) is 5.69 Å². The molecular formula is C20H24N2O2. The quantitative estimate of drug-likeness (QED) is 0.917. The van der Waals surface area contributed by atoms with Crippen molar-refractivity contribution in [1.29, 1.82) is 0 Å². The van der Waals surface area contributed by atoms with Gasteiger partial charge in [-0.3, -0.25) is 9.69 Å². The van der Waals surface area contributed by atoms with Gasteiger partial charge in [0.2, 0.25) is 0 Å². The van der Waals surface area contributed by atoms with Crippen molar-refractivity contribution in [2.45, 2.75) is 32.0 Å². The molecule has 1 aliphatic heterocycles. The molecule has 3 rings (SSSR count). The molecule has 0 unspecified atom stereocenters. The summed E-state index contributed by atoms with van der Waals surface area (Å²) >= 11 is 0. The second-order valence-corrected chi connectivity index (χ2v) is 6.52. The first-order chi connectivity index (χ1) is 11.6. The Morgan fingerprint density at radius 2 is 1.67 bits per heavy atom. The zero-order chi connectivity index (χ0) is 16.9. The van der Waals surface area contributed by atoms with Crippen LogP contribution in [0.5, 0.6) is 0 Å². The normalized spacial score (nSPS) is 21.6. The summed E-state index contributed by atoms with van der Waals surface area (Å²) in [6, 6.07) is 20.8. The van der Waals surface area contributed by atoms with Crippen molar-refractivity contribution in [1.82, 2.24) is 4.90 Å². The van der Waals surface area contributed by atoms with Crippen LogP contribution in [0.15, 0.2) is 60.7 Å². The van der Waals surface area contributed by atoms with Gasteiger partial charge in [-0.2, -0.15) is 0 Å². The highest BCUT2D eigenvalue weighted by molar-refractivity contribution is 5.69. The number of hydrogen-bond acceptors (Lipinski definition) is 3. The van der Waals surface area contributed by atoms with E-state index in [0.717, 1.165) is 25.3 Å². The van der Waals surface area contributed by atoms with Crippen LogP contribution in [0, 0.1) is 0 Å². The summed E-state index contributed by atoms with van der Waals surface area (Å²) in [4.78, 5) is 16.0. The molecule has 2 atom stereocenters. The molecule has 0 amide bonds. The van der Waals surface area contributed by atoms with E-state index in [1.807, 2.05) is 36.4 Å². The first kappa shape index (κ1) is 16.5. The summed E-state index contributed by atoms with van der Waals surface area (Å²) in [7, 11) is 0. The molecular weight excluding hydrogens is 300 g/mol. The summed E-state index contributed by atoms with van der Waals surface area (Å²) in [6.45, 7) is 4.74. The molecule has 1 N–H and O–H groups in total. The van der Waals surface area contributed by atoms with Crippen molar-refractivity contribution in [3.63, 3.8) is 0 Å². The van der Waals surface area contributed by atoms with Crippen molar-refractivity contribution in [3.8, 4) is 0 Å². The maximum Gasteiger partial charge on any atom is 0.305 e. The standard InChI is InChI=1S/C20H24N2O2/c1-16-13-21(14-17-8-4-2-5-9-17)15-19(12-20(23)24)22(16)18-10-6-3-7-11-18/h2-11,16,19H,12-15H2,1H3,(H,23,24)/t16-,19+/m0/s1. The van der Waals surface area contributed by atoms with Gasteiger partial charge in [-0.05, 0) is 24.6 Å². The molecule has 1 saturated heterocycles. The van der Waals surface area contributed by atoms with Crippen LogP contribution in [0.3, 0.4) is 0 Å². The molecule has 0 saturated carbocycles. The topological polar surface area (TPSA) is 43.8 Å². The number of carbonyl (C=O) groups is 1. The lowest BCUT2D eigenvalue weighted by molar-refractivity contribution is -0.137. The van der Waals surface area contributed by atoms with E-state index in [9.17, 15) is 9.90 Å². The van der Waals surface area contributed by atoms with E-state index in [0.29, 0.717) is 0 Å². The fraction of sp³-hybridized carbons (Fsp3) is 0.350. The molecule has 0 spiro atoms. The molecule has 1 fully saturated rings. The van der Waals surface area contributed by atoms with Gasteiger partial charge in [-0.25, -0.2) is 0 Å². The minimum atomic E-state index is -0.741. The molecule has 126 valence electrons. The third-order valence-corrected chi connectivity index (χ3v) is 4.57. The number of nitrogens with zero attached hydrogens (tertiary/aromatic N) is 2. The van der Waals surface area contributed by atoms with Crippen molar-refractivity contribution < 1.29 is 9.90 Å². The number of para-hydroxylation sites is 1. The van der Waals surface area contributed by atoms with Crippen molar-refractivity contribution in [2.24, 2.45) is 0 Å². The summed E-state index contributed by atoms with van der Waals surface area (Å²) in [6.07, 6.45) is 0.157. The predicted octanol–water partition coefficient (Wildman–Crippen LogP) is 3.24. The third kappa shape index (κ3) is 3.95. The second kappa shape index (κ2) is 7.49. The number of carboxylic acid groups (broad SMARTS) is 1. The SMILES string of the molecule is C[C@H]1CN(Cc2ccccc2)C[C@@H](CC(=O)O)N1c1ccccc1. The van der Waals surface area contributed by atoms with Crippen molar-refractivity contribution in [3.05, 3.63) is 66.2 Å². The van der Waals surface area contributed by atoms with E-state index in [1.165, 1.54) is 5.56 Å². The molecule has 0 bridgehead atoms. The van der Waals surface area contributed by atoms with Crippen LogP contribution < -0.4 is 4.90 Å². The first-order valence-electron chi connectivity index (χ1n) is 8.45. The van der Waals surface area contributed by atoms with Gasteiger partial charge in [0.25, 0.3) is 0 Å². The molecule has 24 heavy (non-hydrogen) atoms. The van der Waals surface area contributed by atoms with Crippen LogP contribution >= 0.6 is 0 Å². The lowest BCUT2D eigenvalue weighted by Gasteiger charge is -2.47. The zero-order valence-corrected chi connectivity index (χ0v) is 14.0. The number of carboxylic acids is 1. The number of anilines is 1. The van der Waals surface area contributed by atoms with Crippen LogP contribution in [0.25, 0.3) is 0 Å². The minimum Gasteiger partial charge on any atom is -0.481 e. The van der Waals surface area contributed by atoms with Crippen LogP contribution in [-0.4, -0.2) is 41.1 Å². The Hall–Kier alpha value is -2.33. The number of benzene rings is 2. The van der Waals surface area contributed by atoms with Gasteiger partial charge in [0.15, 0.2) is 0 Å². The van der Waals surface area contributed by atoms with Crippen molar-refractivity contribution >= 4 is 11.7 Å². The van der Waals surface area contributed by atoms with Gasteiger partial charge in [-0.15, -0.1) is 0 Å². The van der Waals surface area contributed by atoms with Gasteiger partial charge in [-0.1, -0.05) is 48.5 Å². The number of piperazine rings is 1. The van der Waals surface area contributed by atoms with Gasteiger partial charge < -0.3 is 10.0 Å². The highest BCUT2D eigenvalue weighted by atomic mass is 16.4. The molecule has 1 heterocycles. The van der Waals surface area contributed by atoms with Gasteiger partial charge in [0, 0.05) is 31.4 Å². The van der Waals surface area contributed by atoms with E-state index >= 15 is 0 Å². The van der Waals surface area contributed by atoms with E-state index in [2.05, 4.69) is 41.0 Å². The zero-order valence-electron chi connectivity index (χ0n) is 14.0.